The molecule has 3 aromatic carbocycles. The number of anilines is 1. The number of rotatable bonds is 13. The minimum absolute atomic E-state index is 0.0563. The molecule has 11 nitrogen and oxygen atoms in total. The van der Waals surface area contributed by atoms with Crippen LogP contribution in [0.5, 0.6) is 5.75 Å². The molecule has 0 aliphatic heterocycles. The smallest absolute Gasteiger partial charge is 0.273 e. The Balaban J connectivity index is 2.08. The Kier molecular flexibility index (Phi) is 10.9. The Labute approximate surface area is 252 Å². The van der Waals surface area contributed by atoms with Gasteiger partial charge in [0, 0.05) is 24.2 Å². The van der Waals surface area contributed by atoms with E-state index in [2.05, 4.69) is 5.32 Å². The maximum atomic E-state index is 14.0. The van der Waals surface area contributed by atoms with Crippen LogP contribution in [0.1, 0.15) is 43.9 Å². The highest BCUT2D eigenvalue weighted by Crippen LogP contribution is 2.29. The van der Waals surface area contributed by atoms with Crippen molar-refractivity contribution in [3.63, 3.8) is 0 Å². The fourth-order valence-electron chi connectivity index (χ4n) is 4.29. The van der Waals surface area contributed by atoms with Crippen LogP contribution in [0.4, 0.5) is 11.4 Å². The summed E-state index contributed by atoms with van der Waals surface area (Å²) in [6.45, 7) is 8.21. The number of ether oxygens (including phenoxy) is 1. The number of nitrogens with one attached hydrogen (secondary N) is 1. The number of nitro benzene ring substituents is 1. The zero-order valence-electron chi connectivity index (χ0n) is 25.2. The number of benzene rings is 3. The second kappa shape index (κ2) is 14.1. The number of aryl methyl sites for hydroxylation is 2. The highest BCUT2D eigenvalue weighted by atomic mass is 32.2. The van der Waals surface area contributed by atoms with E-state index in [1.807, 2.05) is 45.0 Å². The molecule has 230 valence electrons. The number of nitro groups is 1. The number of methoxy groups -OCH3 is 1. The number of nitrogens with zero attached hydrogens (tertiary/aromatic N) is 3. The summed E-state index contributed by atoms with van der Waals surface area (Å²) in [6, 6.07) is 16.1. The maximum absolute atomic E-state index is 14.0. The Hall–Kier alpha value is -4.45. The fourth-order valence-corrected chi connectivity index (χ4v) is 5.72. The summed E-state index contributed by atoms with van der Waals surface area (Å²) in [5.74, 6) is -0.536. The van der Waals surface area contributed by atoms with E-state index in [9.17, 15) is 28.1 Å². The average molecular weight is 611 g/mol. The number of hydrogen-bond acceptors (Lipinski definition) is 7. The van der Waals surface area contributed by atoms with Crippen molar-refractivity contribution < 1.29 is 27.7 Å². The predicted molar refractivity (Wildman–Crippen MR) is 164 cm³/mol. The maximum Gasteiger partial charge on any atom is 0.273 e. The molecule has 3 rings (SSSR count). The molecule has 0 radical (unpaired) electrons. The van der Waals surface area contributed by atoms with Crippen molar-refractivity contribution in [3.05, 3.63) is 93.5 Å². The van der Waals surface area contributed by atoms with Gasteiger partial charge in [0.15, 0.2) is 0 Å². The van der Waals surface area contributed by atoms with E-state index in [1.165, 1.54) is 43.2 Å². The van der Waals surface area contributed by atoms with Crippen LogP contribution < -0.4 is 14.4 Å². The lowest BCUT2D eigenvalue weighted by molar-refractivity contribution is -0.385. The van der Waals surface area contributed by atoms with Gasteiger partial charge in [-0.1, -0.05) is 42.8 Å². The minimum Gasteiger partial charge on any atom is -0.497 e. The van der Waals surface area contributed by atoms with E-state index in [0.29, 0.717) is 17.7 Å². The topological polar surface area (TPSA) is 139 Å². The van der Waals surface area contributed by atoms with Crippen molar-refractivity contribution >= 4 is 33.2 Å². The SMILES string of the molecule is CCC(C)NC(=O)C(C)N(Cc1ccc(C)cc1)C(=O)CN(c1ccc(OC)cc1)S(=O)(=O)c1ccc(C)c([N+](=O)[O-])c1. The molecule has 43 heavy (non-hydrogen) atoms. The molecule has 0 saturated carbocycles. The van der Waals surface area contributed by atoms with E-state index in [4.69, 9.17) is 4.74 Å². The van der Waals surface area contributed by atoms with Crippen molar-refractivity contribution in [3.8, 4) is 5.75 Å². The summed E-state index contributed by atoms with van der Waals surface area (Å²) in [5.41, 5.74) is 1.85. The quantitative estimate of drug-likeness (QED) is 0.218. The standard InChI is InChI=1S/C31H38N4O7S/c1-7-23(4)32-31(37)24(5)33(19-25-11-8-21(2)9-12-25)30(36)20-34(26-13-15-27(42-6)16-14-26)43(40,41)28-17-10-22(3)29(18-28)35(38)39/h8-18,23-24H,7,19-20H2,1-6H3,(H,32,37). The van der Waals surface area contributed by atoms with Gasteiger partial charge < -0.3 is 15.0 Å². The third kappa shape index (κ3) is 8.10. The summed E-state index contributed by atoms with van der Waals surface area (Å²) in [7, 11) is -3.02. The van der Waals surface area contributed by atoms with Crippen LogP contribution in [0.2, 0.25) is 0 Å². The molecule has 0 aliphatic rings. The average Bonchev–Trinajstić information content (AvgIpc) is 2.98. The third-order valence-electron chi connectivity index (χ3n) is 7.25. The van der Waals surface area contributed by atoms with Gasteiger partial charge in [0.2, 0.25) is 11.8 Å². The lowest BCUT2D eigenvalue weighted by atomic mass is 10.1. The van der Waals surface area contributed by atoms with Crippen LogP contribution in [0, 0.1) is 24.0 Å². The lowest BCUT2D eigenvalue weighted by Crippen LogP contribution is -2.52. The highest BCUT2D eigenvalue weighted by Gasteiger charge is 2.33. The molecule has 0 spiro atoms. The molecule has 0 bridgehead atoms. The van der Waals surface area contributed by atoms with Gasteiger partial charge >= 0.3 is 0 Å². The molecule has 2 amide bonds. The molecule has 0 fully saturated rings. The largest absolute Gasteiger partial charge is 0.497 e. The van der Waals surface area contributed by atoms with Gasteiger partial charge in [0.1, 0.15) is 18.3 Å². The summed E-state index contributed by atoms with van der Waals surface area (Å²) in [5, 5.41) is 14.5. The first-order valence-corrected chi connectivity index (χ1v) is 15.3. The number of amides is 2. The van der Waals surface area contributed by atoms with Gasteiger partial charge in [-0.2, -0.15) is 0 Å². The highest BCUT2D eigenvalue weighted by molar-refractivity contribution is 7.92. The van der Waals surface area contributed by atoms with Crippen molar-refractivity contribution in [2.45, 2.75) is 64.6 Å². The molecule has 12 heteroatoms. The summed E-state index contributed by atoms with van der Waals surface area (Å²) < 4.78 is 34.2. The van der Waals surface area contributed by atoms with E-state index >= 15 is 0 Å². The Morgan fingerprint density at radius 1 is 1.00 bits per heavy atom. The molecule has 2 atom stereocenters. The van der Waals surface area contributed by atoms with E-state index < -0.39 is 33.4 Å². The Morgan fingerprint density at radius 3 is 2.19 bits per heavy atom. The van der Waals surface area contributed by atoms with E-state index in [0.717, 1.165) is 21.5 Å². The first-order valence-electron chi connectivity index (χ1n) is 13.9. The monoisotopic (exact) mass is 610 g/mol. The zero-order chi connectivity index (χ0) is 31.9. The second-order valence-corrected chi connectivity index (χ2v) is 12.3. The van der Waals surface area contributed by atoms with Crippen LogP contribution in [-0.2, 0) is 26.2 Å². The molecule has 0 aliphatic carbocycles. The first kappa shape index (κ1) is 33.1. The zero-order valence-corrected chi connectivity index (χ0v) is 26.1. The predicted octanol–water partition coefficient (Wildman–Crippen LogP) is 4.75. The third-order valence-corrected chi connectivity index (χ3v) is 9.02. The van der Waals surface area contributed by atoms with E-state index in [1.54, 1.807) is 19.1 Å². The first-order chi connectivity index (χ1) is 20.3. The molecule has 0 aromatic heterocycles. The lowest BCUT2D eigenvalue weighted by Gasteiger charge is -2.32. The van der Waals surface area contributed by atoms with Crippen molar-refractivity contribution in [2.75, 3.05) is 18.0 Å². The fraction of sp³-hybridized carbons (Fsp3) is 0.355. The molecular weight excluding hydrogens is 572 g/mol. The van der Waals surface area contributed by atoms with Gasteiger partial charge in [-0.15, -0.1) is 0 Å². The molecule has 1 N–H and O–H groups in total. The summed E-state index contributed by atoms with van der Waals surface area (Å²) in [4.78, 5) is 39.1. The van der Waals surface area contributed by atoms with Gasteiger partial charge in [0.05, 0.1) is 22.6 Å². The van der Waals surface area contributed by atoms with Gasteiger partial charge in [-0.25, -0.2) is 8.42 Å². The summed E-state index contributed by atoms with van der Waals surface area (Å²) >= 11 is 0. The minimum atomic E-state index is -4.48. The van der Waals surface area contributed by atoms with Crippen molar-refractivity contribution in [2.24, 2.45) is 0 Å². The molecule has 2 unspecified atom stereocenters. The van der Waals surface area contributed by atoms with Gasteiger partial charge in [-0.3, -0.25) is 24.0 Å². The summed E-state index contributed by atoms with van der Waals surface area (Å²) in [6.07, 6.45) is 0.691. The molecule has 0 saturated heterocycles. The number of sulfonamides is 1. The molecular formula is C31H38N4O7S. The van der Waals surface area contributed by atoms with Crippen molar-refractivity contribution in [1.29, 1.82) is 0 Å². The van der Waals surface area contributed by atoms with Gasteiger partial charge in [0.25, 0.3) is 15.7 Å². The van der Waals surface area contributed by atoms with E-state index in [-0.39, 0.29) is 34.8 Å². The Bertz CT molecular complexity index is 1560. The van der Waals surface area contributed by atoms with Gasteiger partial charge in [-0.05, 0) is 70.0 Å². The second-order valence-electron chi connectivity index (χ2n) is 10.4. The Morgan fingerprint density at radius 2 is 1.63 bits per heavy atom. The van der Waals surface area contributed by atoms with Crippen LogP contribution in [0.25, 0.3) is 0 Å². The number of carbonyl (C=O) groups is 2. The molecule has 3 aromatic rings. The van der Waals surface area contributed by atoms with Crippen LogP contribution in [0.3, 0.4) is 0 Å². The number of hydrogen-bond donors (Lipinski definition) is 1. The van der Waals surface area contributed by atoms with Crippen LogP contribution >= 0.6 is 0 Å². The van der Waals surface area contributed by atoms with Crippen molar-refractivity contribution in [1.82, 2.24) is 10.2 Å². The number of carbonyl (C=O) groups excluding carboxylic acids is 2. The molecule has 0 heterocycles. The van der Waals surface area contributed by atoms with Crippen LogP contribution in [0.15, 0.2) is 71.6 Å². The normalized spacial score (nSPS) is 12.6. The van der Waals surface area contributed by atoms with Crippen LogP contribution in [-0.4, -0.2) is 55.8 Å².